The molecule has 0 aromatic carbocycles. The summed E-state index contributed by atoms with van der Waals surface area (Å²) in [6, 6.07) is 6.18. The standard InChI is InChI=1S/C12H14BrN3S/c1-8-6-12(16-7-10(8)14)15-5-4-9-2-3-11(13)17-9/h2-3,6-7H,4-5,14H2,1H3,(H,15,16). The molecule has 3 N–H and O–H groups in total. The number of halogens is 1. The van der Waals surface area contributed by atoms with Crippen LogP contribution in [0.25, 0.3) is 0 Å². The molecule has 0 aliphatic rings. The second kappa shape index (κ2) is 5.51. The number of aryl methyl sites for hydroxylation is 1. The second-order valence-electron chi connectivity index (χ2n) is 3.81. The molecule has 0 radical (unpaired) electrons. The summed E-state index contributed by atoms with van der Waals surface area (Å²) >= 11 is 5.22. The number of nitrogen functional groups attached to an aromatic ring is 1. The van der Waals surface area contributed by atoms with Crippen molar-refractivity contribution in [2.24, 2.45) is 0 Å². The Labute approximate surface area is 113 Å². The summed E-state index contributed by atoms with van der Waals surface area (Å²) in [6.45, 7) is 2.86. The first-order chi connectivity index (χ1) is 8.15. The molecule has 2 aromatic rings. The van der Waals surface area contributed by atoms with Gasteiger partial charge in [0.1, 0.15) is 5.82 Å². The Bertz CT molecular complexity index is 510. The Morgan fingerprint density at radius 3 is 2.94 bits per heavy atom. The molecule has 2 heterocycles. The van der Waals surface area contributed by atoms with Gasteiger partial charge in [-0.2, -0.15) is 0 Å². The van der Waals surface area contributed by atoms with E-state index in [1.54, 1.807) is 17.5 Å². The number of nitrogens with zero attached hydrogens (tertiary/aromatic N) is 1. The molecular weight excluding hydrogens is 298 g/mol. The van der Waals surface area contributed by atoms with Crippen LogP contribution >= 0.6 is 27.3 Å². The lowest BCUT2D eigenvalue weighted by Gasteiger charge is -2.06. The van der Waals surface area contributed by atoms with Crippen LogP contribution in [-0.4, -0.2) is 11.5 Å². The number of hydrogen-bond donors (Lipinski definition) is 2. The summed E-state index contributed by atoms with van der Waals surface area (Å²) in [5.74, 6) is 0.882. The van der Waals surface area contributed by atoms with Crippen molar-refractivity contribution in [3.8, 4) is 0 Å². The number of nitrogens with one attached hydrogen (secondary N) is 1. The molecule has 0 aliphatic carbocycles. The van der Waals surface area contributed by atoms with E-state index in [0.717, 1.165) is 30.0 Å². The molecule has 2 rings (SSSR count). The normalized spacial score (nSPS) is 10.5. The molecule has 5 heteroatoms. The van der Waals surface area contributed by atoms with Crippen molar-refractivity contribution in [3.63, 3.8) is 0 Å². The van der Waals surface area contributed by atoms with E-state index < -0.39 is 0 Å². The lowest BCUT2D eigenvalue weighted by atomic mass is 10.2. The Hall–Kier alpha value is -1.07. The molecule has 0 atom stereocenters. The average Bonchev–Trinajstić information content (AvgIpc) is 2.70. The molecular formula is C12H14BrN3S. The van der Waals surface area contributed by atoms with Gasteiger partial charge in [0, 0.05) is 11.4 Å². The molecule has 2 aromatic heterocycles. The van der Waals surface area contributed by atoms with Gasteiger partial charge in [-0.05, 0) is 53.0 Å². The number of nitrogens with two attached hydrogens (primary N) is 1. The zero-order chi connectivity index (χ0) is 12.3. The quantitative estimate of drug-likeness (QED) is 0.909. The SMILES string of the molecule is Cc1cc(NCCc2ccc(Br)s2)ncc1N. The molecule has 0 unspecified atom stereocenters. The van der Waals surface area contributed by atoms with Crippen molar-refractivity contribution in [2.45, 2.75) is 13.3 Å². The summed E-state index contributed by atoms with van der Waals surface area (Å²) in [4.78, 5) is 5.59. The minimum atomic E-state index is 0.734. The predicted octanol–water partition coefficient (Wildman–Crippen LogP) is 3.45. The van der Waals surface area contributed by atoms with Crippen molar-refractivity contribution >= 4 is 38.8 Å². The minimum absolute atomic E-state index is 0.734. The number of aromatic nitrogens is 1. The Kier molecular flexibility index (Phi) is 4.02. The van der Waals surface area contributed by atoms with E-state index in [-0.39, 0.29) is 0 Å². The van der Waals surface area contributed by atoms with Crippen molar-refractivity contribution < 1.29 is 0 Å². The third-order valence-corrected chi connectivity index (χ3v) is 4.14. The fourth-order valence-corrected chi connectivity index (χ4v) is 2.95. The molecule has 0 spiro atoms. The van der Waals surface area contributed by atoms with E-state index in [4.69, 9.17) is 5.73 Å². The molecule has 0 amide bonds. The lowest BCUT2D eigenvalue weighted by Crippen LogP contribution is -2.06. The fourth-order valence-electron chi connectivity index (χ4n) is 1.46. The van der Waals surface area contributed by atoms with Gasteiger partial charge < -0.3 is 11.1 Å². The highest BCUT2D eigenvalue weighted by Gasteiger charge is 2.00. The number of anilines is 2. The highest BCUT2D eigenvalue weighted by atomic mass is 79.9. The molecule has 0 saturated heterocycles. The van der Waals surface area contributed by atoms with E-state index in [9.17, 15) is 0 Å². The summed E-state index contributed by atoms with van der Waals surface area (Å²) in [6.07, 6.45) is 2.70. The van der Waals surface area contributed by atoms with Crippen LogP contribution in [0.3, 0.4) is 0 Å². The molecule has 3 nitrogen and oxygen atoms in total. The molecule has 0 fully saturated rings. The van der Waals surface area contributed by atoms with E-state index >= 15 is 0 Å². The first-order valence-electron chi connectivity index (χ1n) is 5.35. The number of hydrogen-bond acceptors (Lipinski definition) is 4. The highest BCUT2D eigenvalue weighted by Crippen LogP contribution is 2.22. The largest absolute Gasteiger partial charge is 0.397 e. The third kappa shape index (κ3) is 3.44. The van der Waals surface area contributed by atoms with Crippen molar-refractivity contribution in [3.05, 3.63) is 38.6 Å². The topological polar surface area (TPSA) is 50.9 Å². The fraction of sp³-hybridized carbons (Fsp3) is 0.250. The molecule has 90 valence electrons. The Morgan fingerprint density at radius 1 is 1.47 bits per heavy atom. The molecule has 0 saturated carbocycles. The van der Waals surface area contributed by atoms with Crippen LogP contribution in [0.15, 0.2) is 28.2 Å². The zero-order valence-corrected chi connectivity index (χ0v) is 11.9. The van der Waals surface area contributed by atoms with Gasteiger partial charge in [-0.3, -0.25) is 0 Å². The zero-order valence-electron chi connectivity index (χ0n) is 9.53. The maximum absolute atomic E-state index is 5.72. The summed E-state index contributed by atoms with van der Waals surface area (Å²) in [5.41, 5.74) is 7.51. The Balaban J connectivity index is 1.87. The van der Waals surface area contributed by atoms with E-state index in [1.165, 1.54) is 8.66 Å². The lowest BCUT2D eigenvalue weighted by molar-refractivity contribution is 1.03. The monoisotopic (exact) mass is 311 g/mol. The highest BCUT2D eigenvalue weighted by molar-refractivity contribution is 9.11. The van der Waals surface area contributed by atoms with E-state index in [2.05, 4.69) is 38.4 Å². The maximum atomic E-state index is 5.72. The summed E-state index contributed by atoms with van der Waals surface area (Å²) < 4.78 is 1.17. The van der Waals surface area contributed by atoms with E-state index in [0.29, 0.717) is 0 Å². The number of pyridine rings is 1. The van der Waals surface area contributed by atoms with Gasteiger partial charge in [-0.1, -0.05) is 0 Å². The maximum Gasteiger partial charge on any atom is 0.126 e. The summed E-state index contributed by atoms with van der Waals surface area (Å²) in [7, 11) is 0. The van der Waals surface area contributed by atoms with Gasteiger partial charge in [0.2, 0.25) is 0 Å². The van der Waals surface area contributed by atoms with Crippen LogP contribution in [0.2, 0.25) is 0 Å². The van der Waals surface area contributed by atoms with Crippen molar-refractivity contribution in [1.29, 1.82) is 0 Å². The predicted molar refractivity (Wildman–Crippen MR) is 77.6 cm³/mol. The number of thiophene rings is 1. The first-order valence-corrected chi connectivity index (χ1v) is 6.96. The van der Waals surface area contributed by atoms with Crippen LogP contribution in [-0.2, 0) is 6.42 Å². The average molecular weight is 312 g/mol. The van der Waals surface area contributed by atoms with Crippen LogP contribution in [0.5, 0.6) is 0 Å². The second-order valence-corrected chi connectivity index (χ2v) is 6.36. The third-order valence-electron chi connectivity index (χ3n) is 2.46. The molecule has 0 aliphatic heterocycles. The Morgan fingerprint density at radius 2 is 2.29 bits per heavy atom. The number of rotatable bonds is 4. The minimum Gasteiger partial charge on any atom is -0.397 e. The molecule has 17 heavy (non-hydrogen) atoms. The van der Waals surface area contributed by atoms with Crippen LogP contribution in [0, 0.1) is 6.92 Å². The van der Waals surface area contributed by atoms with Gasteiger partial charge >= 0.3 is 0 Å². The van der Waals surface area contributed by atoms with Crippen LogP contribution in [0.1, 0.15) is 10.4 Å². The van der Waals surface area contributed by atoms with Crippen LogP contribution in [0.4, 0.5) is 11.5 Å². The van der Waals surface area contributed by atoms with Gasteiger partial charge in [-0.15, -0.1) is 11.3 Å². The van der Waals surface area contributed by atoms with Crippen LogP contribution < -0.4 is 11.1 Å². The van der Waals surface area contributed by atoms with Crippen molar-refractivity contribution in [1.82, 2.24) is 4.98 Å². The first kappa shape index (κ1) is 12.4. The van der Waals surface area contributed by atoms with Gasteiger partial charge in [-0.25, -0.2) is 4.98 Å². The van der Waals surface area contributed by atoms with Crippen molar-refractivity contribution in [2.75, 3.05) is 17.6 Å². The summed E-state index contributed by atoms with van der Waals surface area (Å²) in [5, 5.41) is 3.30. The van der Waals surface area contributed by atoms with Gasteiger partial charge in [0.15, 0.2) is 0 Å². The van der Waals surface area contributed by atoms with Gasteiger partial charge in [0.25, 0.3) is 0 Å². The smallest absolute Gasteiger partial charge is 0.126 e. The molecule has 0 bridgehead atoms. The van der Waals surface area contributed by atoms with E-state index in [1.807, 2.05) is 13.0 Å². The van der Waals surface area contributed by atoms with Gasteiger partial charge in [0.05, 0.1) is 15.7 Å².